The van der Waals surface area contributed by atoms with E-state index in [1.54, 1.807) is 11.9 Å². The molecule has 2 N–H and O–H groups in total. The van der Waals surface area contributed by atoms with E-state index in [1.165, 1.54) is 11.3 Å². The van der Waals surface area contributed by atoms with Gasteiger partial charge in [-0.1, -0.05) is 0 Å². The van der Waals surface area contributed by atoms with E-state index in [4.69, 9.17) is 5.73 Å². The highest BCUT2D eigenvalue weighted by molar-refractivity contribution is 9.11. The smallest absolute Gasteiger partial charge is 0.228 e. The largest absolute Gasteiger partial charge is 0.327 e. The molecule has 5 heteroatoms. The van der Waals surface area contributed by atoms with Gasteiger partial charge in [0, 0.05) is 19.5 Å². The van der Waals surface area contributed by atoms with Gasteiger partial charge in [0.05, 0.1) is 8.79 Å². The number of anilines is 1. The molecule has 1 aromatic heterocycles. The Bertz CT molecular complexity index is 324. The summed E-state index contributed by atoms with van der Waals surface area (Å²) in [6.45, 7) is 1.83. The van der Waals surface area contributed by atoms with E-state index in [0.29, 0.717) is 6.42 Å². The number of hydrogen-bond acceptors (Lipinski definition) is 3. The topological polar surface area (TPSA) is 46.3 Å². The lowest BCUT2D eigenvalue weighted by atomic mass is 10.2. The van der Waals surface area contributed by atoms with Gasteiger partial charge in [0.1, 0.15) is 0 Å². The van der Waals surface area contributed by atoms with Gasteiger partial charge >= 0.3 is 0 Å². The van der Waals surface area contributed by atoms with Gasteiger partial charge in [-0.05, 0) is 35.0 Å². The minimum Gasteiger partial charge on any atom is -0.327 e. The van der Waals surface area contributed by atoms with Gasteiger partial charge in [-0.3, -0.25) is 4.79 Å². The molecule has 1 heterocycles. The van der Waals surface area contributed by atoms with Crippen LogP contribution in [-0.4, -0.2) is 19.0 Å². The van der Waals surface area contributed by atoms with E-state index >= 15 is 0 Å². The first-order valence-electron chi connectivity index (χ1n) is 4.28. The predicted octanol–water partition coefficient (Wildman–Crippen LogP) is 2.21. The van der Waals surface area contributed by atoms with Crippen LogP contribution in [0.1, 0.15) is 13.3 Å². The Kier molecular flexibility index (Phi) is 4.10. The molecule has 0 aromatic carbocycles. The Morgan fingerprint density at radius 3 is 2.79 bits per heavy atom. The number of halogens is 1. The van der Waals surface area contributed by atoms with Crippen LogP contribution in [0.4, 0.5) is 5.00 Å². The number of nitrogens with zero attached hydrogens (tertiary/aromatic N) is 1. The summed E-state index contributed by atoms with van der Waals surface area (Å²) in [6, 6.07) is 3.75. The third-order valence-electron chi connectivity index (χ3n) is 1.76. The van der Waals surface area contributed by atoms with Crippen molar-refractivity contribution in [1.82, 2.24) is 0 Å². The zero-order valence-corrected chi connectivity index (χ0v) is 10.6. The molecule has 3 nitrogen and oxygen atoms in total. The summed E-state index contributed by atoms with van der Waals surface area (Å²) in [6.07, 6.45) is 0.381. The van der Waals surface area contributed by atoms with E-state index in [1.807, 2.05) is 19.1 Å². The normalized spacial score (nSPS) is 12.6. The summed E-state index contributed by atoms with van der Waals surface area (Å²) >= 11 is 4.89. The molecule has 0 aliphatic heterocycles. The third-order valence-corrected chi connectivity index (χ3v) is 3.46. The summed E-state index contributed by atoms with van der Waals surface area (Å²) in [4.78, 5) is 13.2. The van der Waals surface area contributed by atoms with Crippen molar-refractivity contribution in [3.63, 3.8) is 0 Å². The highest BCUT2D eigenvalue weighted by Gasteiger charge is 2.13. The third kappa shape index (κ3) is 3.08. The number of rotatable bonds is 3. The fourth-order valence-electron chi connectivity index (χ4n) is 1.02. The van der Waals surface area contributed by atoms with Gasteiger partial charge in [0.2, 0.25) is 5.91 Å². The van der Waals surface area contributed by atoms with Crippen LogP contribution in [0.25, 0.3) is 0 Å². The average Bonchev–Trinajstić information content (AvgIpc) is 2.49. The minimum absolute atomic E-state index is 0.0503. The number of nitrogens with two attached hydrogens (primary N) is 1. The number of carbonyl (C=O) groups excluding carboxylic acids is 1. The van der Waals surface area contributed by atoms with Gasteiger partial charge in [-0.15, -0.1) is 11.3 Å². The molecule has 0 fully saturated rings. The monoisotopic (exact) mass is 276 g/mol. The molecule has 1 rings (SSSR count). The second-order valence-electron chi connectivity index (χ2n) is 3.21. The molecule has 0 aliphatic carbocycles. The summed E-state index contributed by atoms with van der Waals surface area (Å²) < 4.78 is 1.02. The zero-order chi connectivity index (χ0) is 10.7. The van der Waals surface area contributed by atoms with Gasteiger partial charge in [-0.2, -0.15) is 0 Å². The lowest BCUT2D eigenvalue weighted by Gasteiger charge is -2.15. The number of thiophene rings is 1. The van der Waals surface area contributed by atoms with Crippen LogP contribution in [0, 0.1) is 0 Å². The molecular formula is C9H13BrN2OS. The number of amides is 1. The fraction of sp³-hybridized carbons (Fsp3) is 0.444. The van der Waals surface area contributed by atoms with Crippen molar-refractivity contribution in [3.8, 4) is 0 Å². The van der Waals surface area contributed by atoms with Crippen LogP contribution < -0.4 is 10.6 Å². The lowest BCUT2D eigenvalue weighted by molar-refractivity contribution is -0.118. The molecule has 1 unspecified atom stereocenters. The second-order valence-corrected chi connectivity index (χ2v) is 5.65. The first kappa shape index (κ1) is 11.7. The molecule has 0 bridgehead atoms. The van der Waals surface area contributed by atoms with Crippen LogP contribution in [0.5, 0.6) is 0 Å². The Morgan fingerprint density at radius 1 is 1.71 bits per heavy atom. The maximum absolute atomic E-state index is 11.6. The maximum atomic E-state index is 11.6. The van der Waals surface area contributed by atoms with Gasteiger partial charge < -0.3 is 10.6 Å². The molecular weight excluding hydrogens is 264 g/mol. The Hall–Kier alpha value is -0.390. The fourth-order valence-corrected chi connectivity index (χ4v) is 2.36. The molecule has 14 heavy (non-hydrogen) atoms. The van der Waals surface area contributed by atoms with Crippen molar-refractivity contribution >= 4 is 38.2 Å². The SMILES string of the molecule is CC(N)CC(=O)N(C)c1ccc(Br)s1. The molecule has 0 aliphatic rings. The highest BCUT2D eigenvalue weighted by Crippen LogP contribution is 2.29. The zero-order valence-electron chi connectivity index (χ0n) is 8.16. The molecule has 1 aromatic rings. The van der Waals surface area contributed by atoms with Crippen LogP contribution in [0.2, 0.25) is 0 Å². The Labute approximate surface area is 96.0 Å². The van der Waals surface area contributed by atoms with Gasteiger partial charge in [-0.25, -0.2) is 0 Å². The van der Waals surface area contributed by atoms with Crippen molar-refractivity contribution in [2.75, 3.05) is 11.9 Å². The molecule has 0 spiro atoms. The van der Waals surface area contributed by atoms with Crippen molar-refractivity contribution in [1.29, 1.82) is 0 Å². The quantitative estimate of drug-likeness (QED) is 0.920. The van der Waals surface area contributed by atoms with E-state index in [-0.39, 0.29) is 11.9 Å². The standard InChI is InChI=1S/C9H13BrN2OS/c1-6(11)5-8(13)12(2)9-4-3-7(10)14-9/h3-4,6H,5,11H2,1-2H3. The van der Waals surface area contributed by atoms with Crippen LogP contribution in [-0.2, 0) is 4.79 Å². The van der Waals surface area contributed by atoms with Crippen molar-refractivity contribution in [3.05, 3.63) is 15.9 Å². The molecule has 0 saturated heterocycles. The highest BCUT2D eigenvalue weighted by atomic mass is 79.9. The predicted molar refractivity (Wildman–Crippen MR) is 63.7 cm³/mol. The van der Waals surface area contributed by atoms with Crippen molar-refractivity contribution in [2.45, 2.75) is 19.4 Å². The van der Waals surface area contributed by atoms with Crippen molar-refractivity contribution in [2.24, 2.45) is 5.73 Å². The molecule has 0 saturated carbocycles. The van der Waals surface area contributed by atoms with Crippen LogP contribution in [0.3, 0.4) is 0 Å². The molecule has 1 atom stereocenters. The summed E-state index contributed by atoms with van der Waals surface area (Å²) in [7, 11) is 1.77. The minimum atomic E-state index is -0.0895. The van der Waals surface area contributed by atoms with E-state index < -0.39 is 0 Å². The van der Waals surface area contributed by atoms with Gasteiger partial charge in [0.25, 0.3) is 0 Å². The molecule has 1 amide bonds. The first-order valence-corrected chi connectivity index (χ1v) is 5.89. The number of carbonyl (C=O) groups is 1. The second kappa shape index (κ2) is 4.91. The number of hydrogen-bond donors (Lipinski definition) is 1. The first-order chi connectivity index (χ1) is 6.50. The lowest BCUT2D eigenvalue weighted by Crippen LogP contribution is -2.31. The van der Waals surface area contributed by atoms with E-state index in [9.17, 15) is 4.79 Å². The molecule has 78 valence electrons. The van der Waals surface area contributed by atoms with E-state index in [0.717, 1.165) is 8.79 Å². The summed E-state index contributed by atoms with van der Waals surface area (Å²) in [5.74, 6) is 0.0503. The van der Waals surface area contributed by atoms with Gasteiger partial charge in [0.15, 0.2) is 0 Å². The average molecular weight is 277 g/mol. The summed E-state index contributed by atoms with van der Waals surface area (Å²) in [5.41, 5.74) is 5.56. The Balaban J connectivity index is 2.65. The van der Waals surface area contributed by atoms with Crippen LogP contribution in [0.15, 0.2) is 15.9 Å². The maximum Gasteiger partial charge on any atom is 0.228 e. The van der Waals surface area contributed by atoms with E-state index in [2.05, 4.69) is 15.9 Å². The Morgan fingerprint density at radius 2 is 2.36 bits per heavy atom. The summed E-state index contributed by atoms with van der Waals surface area (Å²) in [5, 5.41) is 0.933. The van der Waals surface area contributed by atoms with Crippen molar-refractivity contribution < 1.29 is 4.79 Å². The molecule has 0 radical (unpaired) electrons. The van der Waals surface area contributed by atoms with Crippen LogP contribution >= 0.6 is 27.3 Å².